The highest BCUT2D eigenvalue weighted by Crippen LogP contribution is 2.60. The molecule has 28 nitrogen and oxygen atoms in total. The lowest BCUT2D eigenvalue weighted by Gasteiger charge is -2.34. The van der Waals surface area contributed by atoms with Gasteiger partial charge >= 0.3 is 24.3 Å². The Balaban J connectivity index is 0.000000230. The Morgan fingerprint density at radius 3 is 1.19 bits per heavy atom. The Hall–Kier alpha value is -10.5. The number of nitrogens with zero attached hydrogens (tertiary/aromatic N) is 6. The molecular formula is C100H126F6N8O20S2. The number of carbonyl (C=O) groups is 8. The number of hydrogen-bond donors (Lipinski definition) is 2. The van der Waals surface area contributed by atoms with E-state index in [1.54, 1.807) is 86.9 Å². The third kappa shape index (κ3) is 23.1. The van der Waals surface area contributed by atoms with Crippen molar-refractivity contribution in [1.82, 2.24) is 39.2 Å². The van der Waals surface area contributed by atoms with E-state index in [-0.39, 0.29) is 74.6 Å². The van der Waals surface area contributed by atoms with Gasteiger partial charge in [0, 0.05) is 36.5 Å². The maximum Gasteiger partial charge on any atom is 0.427 e. The van der Waals surface area contributed by atoms with Crippen LogP contribution < -0.4 is 37.9 Å². The third-order valence-corrected chi connectivity index (χ3v) is 32.8. The number of fused-ring (bicyclic) bond motifs is 6. The molecule has 2 N–H and O–H groups in total. The summed E-state index contributed by atoms with van der Waals surface area (Å²) in [7, 11) is -5.06. The minimum absolute atomic E-state index is 0.00452. The van der Waals surface area contributed by atoms with Gasteiger partial charge < -0.3 is 47.7 Å². The van der Waals surface area contributed by atoms with Gasteiger partial charge in [0.15, 0.2) is 11.6 Å². The molecule has 136 heavy (non-hydrogen) atoms. The van der Waals surface area contributed by atoms with E-state index < -0.39 is 197 Å². The number of ether oxygens (including phenoxy) is 8. The number of amides is 4. The van der Waals surface area contributed by atoms with Crippen molar-refractivity contribution in [3.05, 3.63) is 109 Å². The zero-order chi connectivity index (χ0) is 99.1. The van der Waals surface area contributed by atoms with Gasteiger partial charge in [0.2, 0.25) is 66.6 Å². The summed E-state index contributed by atoms with van der Waals surface area (Å²) in [5.74, 6) is -8.02. The standard InChI is InChI=1S/2C50H63F3N4O10S/c2*1-9-31-20-30(4)12-10-11-13-33-25-49(33,46(61)56-68(62,63)48(7)18-19-48)26-42(58)41-23-36(28-57(41)45(60)38(31)24-43(59)67-47(5,6)50(51,52)53)66-44-37-16-14-34(64-8)21-32(37)22-40(55-44)39-17-15-35(27-54-39)65-29(2)3/h2*11,13-17,21-22,27,29-31,33,36,38,41H,9-10,12,18-20,23-26,28H2,1-8H3,(H,56,61)/b2*13-11-/t30-,31+,33+,36+,38-,41-,49+;30-,31-,33-,36-,38+,41+,49-/m01/s1. The van der Waals surface area contributed by atoms with Crippen molar-refractivity contribution in [2.24, 2.45) is 58.2 Å². The summed E-state index contributed by atoms with van der Waals surface area (Å²) in [5.41, 5.74) is -6.65. The van der Waals surface area contributed by atoms with Crippen LogP contribution in [0.5, 0.6) is 34.8 Å². The molecule has 0 bridgehead atoms. The number of nitrogens with one attached hydrogen (secondary N) is 2. The van der Waals surface area contributed by atoms with Gasteiger partial charge in [0.1, 0.15) is 35.2 Å². The number of rotatable bonds is 26. The first-order chi connectivity index (χ1) is 63.8. The number of ketones is 2. The van der Waals surface area contributed by atoms with Gasteiger partial charge in [-0.25, -0.2) is 26.8 Å². The molecule has 740 valence electrons. The summed E-state index contributed by atoms with van der Waals surface area (Å²) >= 11 is 0. The minimum Gasteiger partial charge on any atom is -0.497 e. The predicted molar refractivity (Wildman–Crippen MR) is 494 cm³/mol. The molecule has 8 aliphatic rings. The number of alkyl halides is 6. The normalized spacial score (nSPS) is 27.0. The van der Waals surface area contributed by atoms with E-state index >= 15 is 9.59 Å². The number of aromatic nitrogens is 4. The quantitative estimate of drug-likeness (QED) is 0.0289. The number of sulfonamides is 2. The van der Waals surface area contributed by atoms with Gasteiger partial charge in [0.25, 0.3) is 0 Å². The minimum atomic E-state index is -4.89. The molecule has 2 saturated heterocycles. The van der Waals surface area contributed by atoms with Crippen LogP contribution >= 0.6 is 0 Å². The van der Waals surface area contributed by atoms with Crippen LogP contribution in [0.2, 0.25) is 0 Å². The average Bonchev–Trinajstić information content (AvgIpc) is 1.56. The molecule has 6 fully saturated rings. The van der Waals surface area contributed by atoms with E-state index in [0.29, 0.717) is 144 Å². The fourth-order valence-electron chi connectivity index (χ4n) is 19.0. The second kappa shape index (κ2) is 40.1. The Kier molecular flexibility index (Phi) is 30.4. The predicted octanol–water partition coefficient (Wildman–Crippen LogP) is 17.4. The Morgan fingerprint density at radius 1 is 0.515 bits per heavy atom. The number of carbonyl (C=O) groups excluding carboxylic acids is 8. The highest BCUT2D eigenvalue weighted by Gasteiger charge is 2.65. The highest BCUT2D eigenvalue weighted by molar-refractivity contribution is 7.92. The number of allylic oxidation sites excluding steroid dienone is 4. The number of esters is 2. The SMILES string of the molecule is CC[C@@H]1C[C@@H](C)CC/C=C\[C@@H]2C[C@@]2(C(=O)NS(=O)(=O)C2(C)CC2)CC(=O)[C@@H]2C[C@@H](Oc3nc(-c4ccc(OC(C)C)cn4)cc4cc(OC)ccc34)CN2C(=O)[C@H]1CC(=O)OC(C)(C)C(F)(F)F.CC[C@@H]1C[C@H](C)CC/C=C\[C@@H]2C[C@@]2(C(=O)NS(=O)(=O)C2(C)CC2)CC(=O)[C@@H]2C[C@@H](Oc3nc(-c4ccc(OC(C)C)cn4)cc4cc(OC)ccc34)CN2C(=O)[C@H]1CC(=O)OC(C)(C)C(F)(F)F. The van der Waals surface area contributed by atoms with Crippen LogP contribution in [0, 0.1) is 58.2 Å². The monoisotopic (exact) mass is 1940 g/mol. The Bertz CT molecular complexity index is 5440. The lowest BCUT2D eigenvalue weighted by molar-refractivity contribution is -0.257. The van der Waals surface area contributed by atoms with Gasteiger partial charge in [0.05, 0.1) is 132 Å². The van der Waals surface area contributed by atoms with Gasteiger partial charge in [-0.3, -0.25) is 57.8 Å². The van der Waals surface area contributed by atoms with Crippen molar-refractivity contribution in [2.75, 3.05) is 27.3 Å². The maximum absolute atomic E-state index is 15.3. The van der Waals surface area contributed by atoms with E-state index in [4.69, 9.17) is 47.9 Å². The maximum atomic E-state index is 15.3. The van der Waals surface area contributed by atoms with Crippen molar-refractivity contribution >= 4 is 88.7 Å². The second-order valence-corrected chi connectivity index (χ2v) is 44.9. The molecule has 4 saturated carbocycles. The molecule has 6 aromatic rings. The van der Waals surface area contributed by atoms with Crippen LogP contribution in [-0.2, 0) is 67.9 Å². The number of Topliss-reactive ketones (excluding diaryl/α,β-unsaturated/α-hetero) is 2. The van der Waals surface area contributed by atoms with Gasteiger partial charge in [-0.15, -0.1) is 0 Å². The van der Waals surface area contributed by atoms with E-state index in [9.17, 15) is 71.9 Å². The molecule has 0 radical (unpaired) electrons. The van der Waals surface area contributed by atoms with Crippen LogP contribution in [-0.4, -0.2) is 191 Å². The summed E-state index contributed by atoms with van der Waals surface area (Å²) in [6, 6.07) is 18.9. The van der Waals surface area contributed by atoms with Gasteiger partial charge in [-0.2, -0.15) is 26.3 Å². The first kappa shape index (κ1) is 103. The molecule has 14 atom stereocenters. The zero-order valence-corrected chi connectivity index (χ0v) is 81.6. The van der Waals surface area contributed by atoms with Crippen LogP contribution in [0.3, 0.4) is 0 Å². The topological polar surface area (TPSA) is 361 Å². The smallest absolute Gasteiger partial charge is 0.427 e. The molecule has 4 aromatic heterocycles. The molecule has 0 spiro atoms. The summed E-state index contributed by atoms with van der Waals surface area (Å²) in [5, 5.41) is 2.53. The summed E-state index contributed by atoms with van der Waals surface area (Å²) < 4.78 is 186. The van der Waals surface area contributed by atoms with Crippen molar-refractivity contribution in [3.63, 3.8) is 0 Å². The molecule has 4 aliphatic heterocycles. The molecule has 36 heteroatoms. The molecule has 2 aromatic carbocycles. The fourth-order valence-corrected chi connectivity index (χ4v) is 21.6. The fraction of sp³-hybridized carbons (Fsp3) is 0.600. The first-order valence-electron chi connectivity index (χ1n) is 47.1. The van der Waals surface area contributed by atoms with E-state index in [1.165, 1.54) is 24.0 Å². The van der Waals surface area contributed by atoms with E-state index in [2.05, 4.69) is 19.4 Å². The molecule has 8 heterocycles. The summed E-state index contributed by atoms with van der Waals surface area (Å²) in [4.78, 5) is 138. The molecule has 4 aliphatic carbocycles. The van der Waals surface area contributed by atoms with Crippen molar-refractivity contribution < 1.29 is 119 Å². The van der Waals surface area contributed by atoms with Crippen LogP contribution in [0.4, 0.5) is 26.3 Å². The van der Waals surface area contributed by atoms with E-state index in [1.807, 2.05) is 91.8 Å². The lowest BCUT2D eigenvalue weighted by Crippen LogP contribution is -2.49. The Morgan fingerprint density at radius 2 is 0.875 bits per heavy atom. The van der Waals surface area contributed by atoms with Crippen molar-refractivity contribution in [3.8, 4) is 57.5 Å². The largest absolute Gasteiger partial charge is 0.497 e. The van der Waals surface area contributed by atoms with Crippen molar-refractivity contribution in [1.29, 1.82) is 0 Å². The number of halogens is 6. The lowest BCUT2D eigenvalue weighted by atomic mass is 9.79. The molecule has 0 unspecified atom stereocenters. The number of methoxy groups -OCH3 is 2. The molecule has 14 rings (SSSR count). The number of hydrogen-bond acceptors (Lipinski definition) is 24. The highest BCUT2D eigenvalue weighted by atomic mass is 32.2. The van der Waals surface area contributed by atoms with Crippen LogP contribution in [0.25, 0.3) is 44.3 Å². The molecule has 4 amide bonds. The van der Waals surface area contributed by atoms with Crippen LogP contribution in [0.15, 0.2) is 109 Å². The first-order valence-corrected chi connectivity index (χ1v) is 50.0. The molecular weight excluding hydrogens is 1810 g/mol. The average molecular weight is 1940 g/mol. The summed E-state index contributed by atoms with van der Waals surface area (Å²) in [6.45, 7) is 21.0. The van der Waals surface area contributed by atoms with E-state index in [0.717, 1.165) is 27.7 Å². The zero-order valence-electron chi connectivity index (χ0n) is 80.0. The second-order valence-electron chi connectivity index (χ2n) is 40.5. The summed E-state index contributed by atoms with van der Waals surface area (Å²) in [6.07, 6.45) is 2.82. The number of benzene rings is 2. The Labute approximate surface area is 790 Å². The van der Waals surface area contributed by atoms with Gasteiger partial charge in [-0.1, -0.05) is 64.8 Å². The van der Waals surface area contributed by atoms with Crippen LogP contribution in [0.1, 0.15) is 225 Å². The van der Waals surface area contributed by atoms with Crippen molar-refractivity contribution in [2.45, 2.75) is 295 Å². The van der Waals surface area contributed by atoms with Gasteiger partial charge in [-0.05, 0) is 265 Å². The number of pyridine rings is 4. The third-order valence-electron chi connectivity index (χ3n) is 28.4.